The van der Waals surface area contributed by atoms with E-state index >= 15 is 0 Å². The van der Waals surface area contributed by atoms with Gasteiger partial charge in [-0.05, 0) is 37.2 Å². The minimum absolute atomic E-state index is 0.286. The lowest BCUT2D eigenvalue weighted by Gasteiger charge is -2.29. The minimum atomic E-state index is -0.584. The largest absolute Gasteiger partial charge is 0.370 e. The lowest BCUT2D eigenvalue weighted by molar-refractivity contribution is -0.129. The second-order valence-electron chi connectivity index (χ2n) is 3.91. The Balaban J connectivity index is 4.48. The number of carbonyl (C=O) groups excluding carboxylic acids is 2. The van der Waals surface area contributed by atoms with Crippen LogP contribution in [0.1, 0.15) is 32.1 Å². The van der Waals surface area contributed by atoms with E-state index in [4.69, 9.17) is 11.5 Å². The van der Waals surface area contributed by atoms with Crippen LogP contribution in [-0.4, -0.2) is 23.3 Å². The van der Waals surface area contributed by atoms with E-state index < -0.39 is 5.41 Å². The maximum atomic E-state index is 11.5. The molecule has 0 saturated heterocycles. The average Bonchev–Trinajstić information content (AvgIpc) is 2.17. The molecule has 0 unspecified atom stereocenters. The lowest BCUT2D eigenvalue weighted by Crippen LogP contribution is -2.38. The fourth-order valence-electron chi connectivity index (χ4n) is 1.77. The van der Waals surface area contributed by atoms with Crippen LogP contribution in [0.4, 0.5) is 0 Å². The Morgan fingerprint density at radius 3 is 1.81 bits per heavy atom. The van der Waals surface area contributed by atoms with Crippen molar-refractivity contribution in [3.05, 3.63) is 0 Å². The third-order valence-corrected chi connectivity index (χ3v) is 3.23. The van der Waals surface area contributed by atoms with Crippen LogP contribution in [0.15, 0.2) is 0 Å². The van der Waals surface area contributed by atoms with E-state index in [0.29, 0.717) is 37.2 Å². The summed E-state index contributed by atoms with van der Waals surface area (Å²) in [5.41, 5.74) is 9.91. The zero-order chi connectivity index (χ0) is 12.6. The molecule has 0 aliphatic carbocycles. The van der Waals surface area contributed by atoms with Crippen LogP contribution in [0, 0.1) is 5.41 Å². The Labute approximate surface area is 107 Å². The number of hydrogen-bond acceptors (Lipinski definition) is 4. The molecule has 0 fully saturated rings. The van der Waals surface area contributed by atoms with Crippen molar-refractivity contribution in [2.75, 3.05) is 11.5 Å². The molecule has 0 rings (SSSR count). The van der Waals surface area contributed by atoms with E-state index in [1.165, 1.54) is 0 Å². The summed E-state index contributed by atoms with van der Waals surface area (Å²) < 4.78 is 0. The molecule has 0 saturated carbocycles. The molecule has 0 radical (unpaired) electrons. The maximum absolute atomic E-state index is 11.5. The lowest BCUT2D eigenvalue weighted by atomic mass is 9.77. The molecule has 0 aliphatic rings. The van der Waals surface area contributed by atoms with Crippen molar-refractivity contribution >= 4 is 37.1 Å². The van der Waals surface area contributed by atoms with Gasteiger partial charge in [-0.15, -0.1) is 0 Å². The van der Waals surface area contributed by atoms with Gasteiger partial charge in [-0.1, -0.05) is 0 Å². The smallest absolute Gasteiger partial charge is 0.223 e. The standard InChI is InChI=1S/C10H20N2O2S2/c11-8(13)2-1-3-10(4-6-15,5-7-16)9(12)14/h15-16H,1-7H2,(H2,11,13)(H2,12,14). The Kier molecular flexibility index (Phi) is 7.66. The van der Waals surface area contributed by atoms with Gasteiger partial charge in [0.1, 0.15) is 0 Å². The number of amides is 2. The Morgan fingerprint density at radius 1 is 1.00 bits per heavy atom. The van der Waals surface area contributed by atoms with E-state index in [9.17, 15) is 9.59 Å². The molecule has 0 aromatic rings. The van der Waals surface area contributed by atoms with E-state index in [-0.39, 0.29) is 18.2 Å². The average molecular weight is 264 g/mol. The van der Waals surface area contributed by atoms with Crippen LogP contribution >= 0.6 is 25.3 Å². The van der Waals surface area contributed by atoms with Gasteiger partial charge in [-0.25, -0.2) is 0 Å². The monoisotopic (exact) mass is 264 g/mol. The van der Waals surface area contributed by atoms with Gasteiger partial charge in [0.25, 0.3) is 0 Å². The van der Waals surface area contributed by atoms with E-state index in [2.05, 4.69) is 25.3 Å². The van der Waals surface area contributed by atoms with Crippen LogP contribution in [0.25, 0.3) is 0 Å². The van der Waals surface area contributed by atoms with Crippen LogP contribution < -0.4 is 11.5 Å². The second-order valence-corrected chi connectivity index (χ2v) is 4.81. The number of nitrogens with two attached hydrogens (primary N) is 2. The maximum Gasteiger partial charge on any atom is 0.223 e. The third-order valence-electron chi connectivity index (χ3n) is 2.78. The predicted molar refractivity (Wildman–Crippen MR) is 71.6 cm³/mol. The van der Waals surface area contributed by atoms with Gasteiger partial charge in [-0.2, -0.15) is 25.3 Å². The fourth-order valence-corrected chi connectivity index (χ4v) is 2.63. The van der Waals surface area contributed by atoms with Gasteiger partial charge < -0.3 is 11.5 Å². The first-order valence-electron chi connectivity index (χ1n) is 5.28. The van der Waals surface area contributed by atoms with Gasteiger partial charge in [0.05, 0.1) is 5.41 Å². The van der Waals surface area contributed by atoms with Crippen molar-refractivity contribution in [1.29, 1.82) is 0 Å². The Hall–Kier alpha value is -0.360. The zero-order valence-corrected chi connectivity index (χ0v) is 11.1. The summed E-state index contributed by atoms with van der Waals surface area (Å²) in [6.45, 7) is 0. The number of primary amides is 2. The number of carbonyl (C=O) groups is 2. The van der Waals surface area contributed by atoms with Gasteiger partial charge in [-0.3, -0.25) is 9.59 Å². The van der Waals surface area contributed by atoms with Crippen LogP contribution in [0.2, 0.25) is 0 Å². The van der Waals surface area contributed by atoms with E-state index in [1.807, 2.05) is 0 Å². The van der Waals surface area contributed by atoms with E-state index in [1.54, 1.807) is 0 Å². The highest BCUT2D eigenvalue weighted by molar-refractivity contribution is 7.80. The minimum Gasteiger partial charge on any atom is -0.370 e. The van der Waals surface area contributed by atoms with Crippen LogP contribution in [-0.2, 0) is 9.59 Å². The molecule has 0 spiro atoms. The van der Waals surface area contributed by atoms with Crippen molar-refractivity contribution < 1.29 is 9.59 Å². The molecule has 0 heterocycles. The summed E-state index contributed by atoms with van der Waals surface area (Å²) in [5, 5.41) is 0. The normalized spacial score (nSPS) is 11.4. The highest BCUT2D eigenvalue weighted by Gasteiger charge is 2.34. The molecule has 2 amide bonds. The topological polar surface area (TPSA) is 86.2 Å². The van der Waals surface area contributed by atoms with Crippen molar-refractivity contribution in [2.24, 2.45) is 16.9 Å². The molecular formula is C10H20N2O2S2. The number of rotatable bonds is 9. The summed E-state index contributed by atoms with van der Waals surface area (Å²) in [6.07, 6.45) is 2.68. The van der Waals surface area contributed by atoms with Crippen molar-refractivity contribution in [3.63, 3.8) is 0 Å². The molecule has 94 valence electrons. The summed E-state index contributed by atoms with van der Waals surface area (Å²) in [7, 11) is 0. The first-order valence-corrected chi connectivity index (χ1v) is 6.55. The van der Waals surface area contributed by atoms with Gasteiger partial charge >= 0.3 is 0 Å². The molecule has 4 N–H and O–H groups in total. The SMILES string of the molecule is NC(=O)CCCC(CCS)(CCS)C(N)=O. The fraction of sp³-hybridized carbons (Fsp3) is 0.800. The number of thiol groups is 2. The highest BCUT2D eigenvalue weighted by atomic mass is 32.1. The first kappa shape index (κ1) is 15.6. The summed E-state index contributed by atoms with van der Waals surface area (Å²) in [4.78, 5) is 22.2. The number of hydrogen-bond donors (Lipinski definition) is 4. The van der Waals surface area contributed by atoms with Gasteiger partial charge in [0.2, 0.25) is 11.8 Å². The third kappa shape index (κ3) is 5.12. The summed E-state index contributed by atoms with van der Waals surface area (Å²) >= 11 is 8.28. The van der Waals surface area contributed by atoms with Gasteiger partial charge in [0.15, 0.2) is 0 Å². The predicted octanol–water partition coefficient (Wildman–Crippen LogP) is 0.753. The molecule has 4 nitrogen and oxygen atoms in total. The zero-order valence-electron chi connectivity index (χ0n) is 9.32. The quantitative estimate of drug-likeness (QED) is 0.463. The molecule has 0 atom stereocenters. The molecular weight excluding hydrogens is 244 g/mol. The Morgan fingerprint density at radius 2 is 1.50 bits per heavy atom. The second kappa shape index (κ2) is 7.84. The Bertz CT molecular complexity index is 241. The van der Waals surface area contributed by atoms with Crippen molar-refractivity contribution in [3.8, 4) is 0 Å². The van der Waals surface area contributed by atoms with Crippen molar-refractivity contribution in [1.82, 2.24) is 0 Å². The van der Waals surface area contributed by atoms with Crippen LogP contribution in [0.3, 0.4) is 0 Å². The first-order chi connectivity index (χ1) is 7.48. The van der Waals surface area contributed by atoms with Crippen molar-refractivity contribution in [2.45, 2.75) is 32.1 Å². The molecule has 0 aromatic carbocycles. The van der Waals surface area contributed by atoms with Crippen LogP contribution in [0.5, 0.6) is 0 Å². The molecule has 16 heavy (non-hydrogen) atoms. The summed E-state index contributed by atoms with van der Waals surface area (Å²) in [6, 6.07) is 0. The summed E-state index contributed by atoms with van der Waals surface area (Å²) in [5.74, 6) is 0.496. The molecule has 0 bridgehead atoms. The van der Waals surface area contributed by atoms with E-state index in [0.717, 1.165) is 0 Å². The molecule has 0 aliphatic heterocycles. The highest BCUT2D eigenvalue weighted by Crippen LogP contribution is 2.33. The molecule has 0 aromatic heterocycles. The molecule has 6 heteroatoms. The van der Waals surface area contributed by atoms with Gasteiger partial charge in [0, 0.05) is 6.42 Å².